The number of pyridine rings is 1. The van der Waals surface area contributed by atoms with Gasteiger partial charge in [-0.05, 0) is 13.0 Å². The van der Waals surface area contributed by atoms with Gasteiger partial charge in [-0.25, -0.2) is 4.79 Å². The van der Waals surface area contributed by atoms with E-state index < -0.39 is 0 Å². The van der Waals surface area contributed by atoms with Gasteiger partial charge >= 0.3 is 6.03 Å². The molecule has 24 heavy (non-hydrogen) atoms. The highest BCUT2D eigenvalue weighted by atomic mass is 16.5. The van der Waals surface area contributed by atoms with E-state index in [4.69, 9.17) is 9.47 Å². The van der Waals surface area contributed by atoms with E-state index in [1.165, 1.54) is 6.07 Å². The second kappa shape index (κ2) is 7.25. The number of urea groups is 1. The number of aryl methyl sites for hydroxylation is 1. The molecule has 0 spiro atoms. The number of piperidine rings is 1. The Morgan fingerprint density at radius 2 is 1.75 bits per heavy atom. The van der Waals surface area contributed by atoms with Gasteiger partial charge in [-0.15, -0.1) is 0 Å². The number of hydrogen-bond acceptors (Lipinski definition) is 4. The summed E-state index contributed by atoms with van der Waals surface area (Å²) in [4.78, 5) is 28.0. The first kappa shape index (κ1) is 16.8. The van der Waals surface area contributed by atoms with Crippen LogP contribution in [0.2, 0.25) is 0 Å². The summed E-state index contributed by atoms with van der Waals surface area (Å²) < 4.78 is 12.8. The third-order valence-electron chi connectivity index (χ3n) is 4.77. The van der Waals surface area contributed by atoms with Crippen molar-refractivity contribution in [2.75, 3.05) is 39.4 Å². The standard InChI is InChI=1S/C17H25N3O4/c1-13-11-15(12-16(21)18(13)2)24-14-3-5-19(6-4-14)17(22)20-7-9-23-10-8-20/h11-12,14H,3-10H2,1-2H3. The summed E-state index contributed by atoms with van der Waals surface area (Å²) in [7, 11) is 1.75. The number of aromatic nitrogens is 1. The second-order valence-corrected chi connectivity index (χ2v) is 6.42. The van der Waals surface area contributed by atoms with Gasteiger partial charge in [0.25, 0.3) is 5.56 Å². The molecule has 7 heteroatoms. The molecule has 2 fully saturated rings. The molecule has 0 N–H and O–H groups in total. The van der Waals surface area contributed by atoms with Gasteiger partial charge in [0.15, 0.2) is 0 Å². The number of rotatable bonds is 2. The van der Waals surface area contributed by atoms with Crippen LogP contribution in [0.5, 0.6) is 5.75 Å². The number of morpholine rings is 1. The maximum absolute atomic E-state index is 12.5. The van der Waals surface area contributed by atoms with Crippen LogP contribution in [-0.4, -0.2) is 65.9 Å². The van der Waals surface area contributed by atoms with Crippen molar-refractivity contribution in [3.05, 3.63) is 28.2 Å². The van der Waals surface area contributed by atoms with Gasteiger partial charge in [0, 0.05) is 57.8 Å². The molecule has 1 aromatic heterocycles. The first-order chi connectivity index (χ1) is 11.5. The largest absolute Gasteiger partial charge is 0.490 e. The molecule has 0 aliphatic carbocycles. The lowest BCUT2D eigenvalue weighted by Gasteiger charge is -2.37. The van der Waals surface area contributed by atoms with Gasteiger partial charge in [-0.2, -0.15) is 0 Å². The summed E-state index contributed by atoms with van der Waals surface area (Å²) in [5, 5.41) is 0. The molecule has 0 radical (unpaired) electrons. The quantitative estimate of drug-likeness (QED) is 0.808. The molecular formula is C17H25N3O4. The zero-order valence-electron chi connectivity index (χ0n) is 14.4. The predicted molar refractivity (Wildman–Crippen MR) is 89.4 cm³/mol. The molecule has 0 aromatic carbocycles. The van der Waals surface area contributed by atoms with Crippen LogP contribution in [0, 0.1) is 6.92 Å². The zero-order valence-corrected chi connectivity index (χ0v) is 14.4. The van der Waals surface area contributed by atoms with Crippen LogP contribution in [-0.2, 0) is 11.8 Å². The number of ether oxygens (including phenoxy) is 2. The molecule has 7 nitrogen and oxygen atoms in total. The second-order valence-electron chi connectivity index (χ2n) is 6.42. The van der Waals surface area contributed by atoms with Gasteiger partial charge in [0.2, 0.25) is 0 Å². The minimum Gasteiger partial charge on any atom is -0.490 e. The SMILES string of the molecule is Cc1cc(OC2CCN(C(=O)N3CCOCC3)CC2)cc(=O)n1C. The van der Waals surface area contributed by atoms with Crippen LogP contribution < -0.4 is 10.3 Å². The highest BCUT2D eigenvalue weighted by molar-refractivity contribution is 5.74. The Balaban J connectivity index is 1.53. The summed E-state index contributed by atoms with van der Waals surface area (Å²) >= 11 is 0. The molecule has 3 heterocycles. The van der Waals surface area contributed by atoms with Gasteiger partial charge < -0.3 is 23.8 Å². The minimum atomic E-state index is -0.0649. The molecular weight excluding hydrogens is 310 g/mol. The molecule has 2 aliphatic rings. The first-order valence-corrected chi connectivity index (χ1v) is 8.50. The Hall–Kier alpha value is -2.02. The lowest BCUT2D eigenvalue weighted by atomic mass is 10.1. The van der Waals surface area contributed by atoms with Crippen molar-refractivity contribution in [2.45, 2.75) is 25.9 Å². The van der Waals surface area contributed by atoms with Gasteiger partial charge in [0.05, 0.1) is 13.2 Å². The van der Waals surface area contributed by atoms with Crippen LogP contribution in [0.25, 0.3) is 0 Å². The molecule has 0 unspecified atom stereocenters. The van der Waals surface area contributed by atoms with E-state index in [9.17, 15) is 9.59 Å². The number of carbonyl (C=O) groups is 1. The Morgan fingerprint density at radius 3 is 2.38 bits per heavy atom. The van der Waals surface area contributed by atoms with E-state index >= 15 is 0 Å². The number of nitrogens with zero attached hydrogens (tertiary/aromatic N) is 3. The van der Waals surface area contributed by atoms with Crippen molar-refractivity contribution in [3.63, 3.8) is 0 Å². The molecule has 1 aromatic rings. The van der Waals surface area contributed by atoms with Crippen molar-refractivity contribution >= 4 is 6.03 Å². The molecule has 0 bridgehead atoms. The topological polar surface area (TPSA) is 64.0 Å². The van der Waals surface area contributed by atoms with Crippen LogP contribution in [0.3, 0.4) is 0 Å². The Morgan fingerprint density at radius 1 is 1.12 bits per heavy atom. The summed E-state index contributed by atoms with van der Waals surface area (Å²) in [5.41, 5.74) is 0.808. The number of likely N-dealkylation sites (tertiary alicyclic amines) is 1. The zero-order chi connectivity index (χ0) is 17.1. The van der Waals surface area contributed by atoms with E-state index in [1.807, 2.05) is 22.8 Å². The average molecular weight is 335 g/mol. The van der Waals surface area contributed by atoms with Crippen molar-refractivity contribution in [1.29, 1.82) is 0 Å². The van der Waals surface area contributed by atoms with Crippen molar-refractivity contribution < 1.29 is 14.3 Å². The Bertz CT molecular complexity index is 644. The Labute approximate surface area is 141 Å². The van der Waals surface area contributed by atoms with E-state index in [2.05, 4.69) is 0 Å². The maximum atomic E-state index is 12.5. The van der Waals surface area contributed by atoms with Crippen LogP contribution >= 0.6 is 0 Å². The molecule has 2 saturated heterocycles. The van der Waals surface area contributed by atoms with E-state index in [-0.39, 0.29) is 17.7 Å². The molecule has 3 rings (SSSR count). The third-order valence-corrected chi connectivity index (χ3v) is 4.77. The summed E-state index contributed by atoms with van der Waals surface area (Å²) in [5.74, 6) is 0.619. The summed E-state index contributed by atoms with van der Waals surface area (Å²) in [6.45, 7) is 5.83. The highest BCUT2D eigenvalue weighted by Gasteiger charge is 2.28. The van der Waals surface area contributed by atoms with Crippen LogP contribution in [0.4, 0.5) is 4.79 Å². The van der Waals surface area contributed by atoms with Crippen LogP contribution in [0.15, 0.2) is 16.9 Å². The fourth-order valence-corrected chi connectivity index (χ4v) is 3.12. The normalized spacial score (nSPS) is 19.4. The smallest absolute Gasteiger partial charge is 0.320 e. The molecule has 2 amide bonds. The summed E-state index contributed by atoms with van der Waals surface area (Å²) in [6.07, 6.45) is 1.61. The van der Waals surface area contributed by atoms with E-state index in [0.29, 0.717) is 45.1 Å². The van der Waals surface area contributed by atoms with Gasteiger partial charge in [-0.1, -0.05) is 0 Å². The summed E-state index contributed by atoms with van der Waals surface area (Å²) in [6, 6.07) is 3.51. The van der Waals surface area contributed by atoms with E-state index in [1.54, 1.807) is 11.6 Å². The molecule has 2 aliphatic heterocycles. The number of amides is 2. The molecule has 0 atom stereocenters. The number of carbonyl (C=O) groups excluding carboxylic acids is 1. The minimum absolute atomic E-state index is 0.0465. The highest BCUT2D eigenvalue weighted by Crippen LogP contribution is 2.19. The molecule has 132 valence electrons. The monoisotopic (exact) mass is 335 g/mol. The van der Waals surface area contributed by atoms with E-state index in [0.717, 1.165) is 18.5 Å². The lowest BCUT2D eigenvalue weighted by Crippen LogP contribution is -2.51. The lowest BCUT2D eigenvalue weighted by molar-refractivity contribution is 0.0360. The first-order valence-electron chi connectivity index (χ1n) is 8.50. The van der Waals surface area contributed by atoms with Crippen molar-refractivity contribution in [3.8, 4) is 5.75 Å². The fourth-order valence-electron chi connectivity index (χ4n) is 3.12. The number of hydrogen-bond donors (Lipinski definition) is 0. The Kier molecular flexibility index (Phi) is 5.08. The fraction of sp³-hybridized carbons (Fsp3) is 0.647. The van der Waals surface area contributed by atoms with Gasteiger partial charge in [-0.3, -0.25) is 4.79 Å². The third kappa shape index (κ3) is 3.72. The van der Waals surface area contributed by atoms with Crippen molar-refractivity contribution in [1.82, 2.24) is 14.4 Å². The molecule has 0 saturated carbocycles. The average Bonchev–Trinajstić information content (AvgIpc) is 2.60. The maximum Gasteiger partial charge on any atom is 0.320 e. The van der Waals surface area contributed by atoms with Crippen LogP contribution in [0.1, 0.15) is 18.5 Å². The van der Waals surface area contributed by atoms with Crippen molar-refractivity contribution in [2.24, 2.45) is 7.05 Å². The predicted octanol–water partition coefficient (Wildman–Crippen LogP) is 0.989. The van der Waals surface area contributed by atoms with Gasteiger partial charge in [0.1, 0.15) is 11.9 Å².